The van der Waals surface area contributed by atoms with Gasteiger partial charge in [0.1, 0.15) is 5.82 Å². The van der Waals surface area contributed by atoms with Crippen molar-refractivity contribution in [3.8, 4) is 5.88 Å². The second-order valence-corrected chi connectivity index (χ2v) is 4.19. The lowest BCUT2D eigenvalue weighted by atomic mass is 10.2. The number of ether oxygens (including phenoxy) is 1. The fraction of sp³-hybridized carbons (Fsp3) is 0.214. The molecule has 6 heteroatoms. The summed E-state index contributed by atoms with van der Waals surface area (Å²) in [7, 11) is 1.56. The largest absolute Gasteiger partial charge is 0.481 e. The Hall–Kier alpha value is -2.63. The van der Waals surface area contributed by atoms with E-state index >= 15 is 0 Å². The molecule has 2 rings (SSSR count). The molecule has 0 aliphatic rings. The average molecular weight is 273 g/mol. The number of aryl methyl sites for hydroxylation is 1. The van der Waals surface area contributed by atoms with E-state index in [-0.39, 0.29) is 5.56 Å². The third-order valence-corrected chi connectivity index (χ3v) is 2.80. The minimum Gasteiger partial charge on any atom is -0.481 e. The van der Waals surface area contributed by atoms with Crippen molar-refractivity contribution in [1.29, 1.82) is 0 Å². The molecule has 0 aromatic carbocycles. The molecule has 6 nitrogen and oxygen atoms in total. The van der Waals surface area contributed by atoms with Crippen LogP contribution in [0.15, 0.2) is 30.5 Å². The van der Waals surface area contributed by atoms with Gasteiger partial charge < -0.3 is 15.2 Å². The molecule has 0 fully saturated rings. The maximum atomic E-state index is 10.9. The Kier molecular flexibility index (Phi) is 4.14. The zero-order valence-corrected chi connectivity index (χ0v) is 11.3. The summed E-state index contributed by atoms with van der Waals surface area (Å²) in [6.45, 7) is 2.22. The van der Waals surface area contributed by atoms with Crippen LogP contribution < -0.4 is 10.1 Å². The summed E-state index contributed by atoms with van der Waals surface area (Å²) in [6, 6.07) is 6.88. The second kappa shape index (κ2) is 6.01. The van der Waals surface area contributed by atoms with Gasteiger partial charge in [-0.1, -0.05) is 0 Å². The number of hydrogen-bond acceptors (Lipinski definition) is 5. The molecule has 0 amide bonds. The van der Waals surface area contributed by atoms with Gasteiger partial charge in [0.05, 0.1) is 18.4 Å². The lowest BCUT2D eigenvalue weighted by molar-refractivity contribution is 0.0695. The van der Waals surface area contributed by atoms with Gasteiger partial charge in [0, 0.05) is 18.8 Å². The van der Waals surface area contributed by atoms with Gasteiger partial charge in [-0.05, 0) is 30.7 Å². The highest BCUT2D eigenvalue weighted by atomic mass is 16.5. The smallest absolute Gasteiger partial charge is 0.337 e. The molecule has 0 radical (unpaired) electrons. The maximum Gasteiger partial charge on any atom is 0.337 e. The van der Waals surface area contributed by atoms with Crippen molar-refractivity contribution < 1.29 is 14.6 Å². The zero-order valence-electron chi connectivity index (χ0n) is 11.3. The predicted octanol–water partition coefficient (Wildman–Crippen LogP) is 2.10. The van der Waals surface area contributed by atoms with Crippen molar-refractivity contribution >= 4 is 11.8 Å². The van der Waals surface area contributed by atoms with E-state index in [1.54, 1.807) is 32.4 Å². The SMILES string of the molecule is COc1cc(CNc2ccc(C(=O)O)c(C)n2)ccn1. The van der Waals surface area contributed by atoms with Crippen LogP contribution in [0.1, 0.15) is 21.6 Å². The van der Waals surface area contributed by atoms with E-state index in [4.69, 9.17) is 9.84 Å². The quantitative estimate of drug-likeness (QED) is 0.868. The van der Waals surface area contributed by atoms with Crippen molar-refractivity contribution in [2.24, 2.45) is 0 Å². The van der Waals surface area contributed by atoms with Crippen LogP contribution in [0.2, 0.25) is 0 Å². The number of anilines is 1. The number of nitrogens with one attached hydrogen (secondary N) is 1. The highest BCUT2D eigenvalue weighted by Gasteiger charge is 2.08. The predicted molar refractivity (Wildman–Crippen MR) is 74.0 cm³/mol. The first-order valence-electron chi connectivity index (χ1n) is 6.04. The molecule has 20 heavy (non-hydrogen) atoms. The van der Waals surface area contributed by atoms with Gasteiger partial charge in [-0.2, -0.15) is 0 Å². The number of nitrogens with zero attached hydrogens (tertiary/aromatic N) is 2. The molecule has 0 bridgehead atoms. The molecule has 2 heterocycles. The Balaban J connectivity index is 2.07. The number of carboxylic acid groups (broad SMARTS) is 1. The first-order valence-corrected chi connectivity index (χ1v) is 6.04. The van der Waals surface area contributed by atoms with Crippen LogP contribution in [0.4, 0.5) is 5.82 Å². The molecular formula is C14H15N3O3. The van der Waals surface area contributed by atoms with E-state index in [9.17, 15) is 4.79 Å². The average Bonchev–Trinajstić information content (AvgIpc) is 2.45. The Labute approximate surface area is 116 Å². The van der Waals surface area contributed by atoms with Crippen LogP contribution >= 0.6 is 0 Å². The molecule has 0 aliphatic heterocycles. The monoisotopic (exact) mass is 273 g/mol. The second-order valence-electron chi connectivity index (χ2n) is 4.19. The van der Waals surface area contributed by atoms with Crippen LogP contribution in [-0.4, -0.2) is 28.2 Å². The molecule has 0 saturated carbocycles. The lowest BCUT2D eigenvalue weighted by Gasteiger charge is -2.08. The van der Waals surface area contributed by atoms with Crippen molar-refractivity contribution in [1.82, 2.24) is 9.97 Å². The minimum atomic E-state index is -0.972. The molecule has 2 N–H and O–H groups in total. The molecular weight excluding hydrogens is 258 g/mol. The van der Waals surface area contributed by atoms with Crippen LogP contribution in [0.3, 0.4) is 0 Å². The number of rotatable bonds is 5. The lowest BCUT2D eigenvalue weighted by Crippen LogP contribution is -2.06. The Morgan fingerprint density at radius 1 is 1.40 bits per heavy atom. The summed E-state index contributed by atoms with van der Waals surface area (Å²) in [5, 5.41) is 12.1. The molecule has 0 spiro atoms. The normalized spacial score (nSPS) is 10.1. The third kappa shape index (κ3) is 3.23. The van der Waals surface area contributed by atoms with E-state index in [0.717, 1.165) is 5.56 Å². The zero-order chi connectivity index (χ0) is 14.5. The number of aromatic nitrogens is 2. The first-order chi connectivity index (χ1) is 9.60. The Bertz CT molecular complexity index is 629. The number of pyridine rings is 2. The molecule has 0 atom stereocenters. The van der Waals surface area contributed by atoms with Crippen LogP contribution in [0.25, 0.3) is 0 Å². The van der Waals surface area contributed by atoms with Gasteiger partial charge in [0.15, 0.2) is 0 Å². The van der Waals surface area contributed by atoms with Crippen molar-refractivity contribution in [3.05, 3.63) is 47.3 Å². The summed E-state index contributed by atoms with van der Waals surface area (Å²) in [5.41, 5.74) is 1.69. The van der Waals surface area contributed by atoms with E-state index in [2.05, 4.69) is 15.3 Å². The molecule has 0 unspecified atom stereocenters. The number of methoxy groups -OCH3 is 1. The summed E-state index contributed by atoms with van der Waals surface area (Å²) >= 11 is 0. The molecule has 0 saturated heterocycles. The molecule has 0 aliphatic carbocycles. The summed E-state index contributed by atoms with van der Waals surface area (Å²) in [4.78, 5) is 19.1. The standard InChI is InChI=1S/C14H15N3O3/c1-9-11(14(18)19)3-4-12(17-9)16-8-10-5-6-15-13(7-10)20-2/h3-7H,8H2,1-2H3,(H,16,17)(H,18,19). The van der Waals surface area contributed by atoms with Crippen molar-refractivity contribution in [2.45, 2.75) is 13.5 Å². The molecule has 104 valence electrons. The molecule has 2 aromatic rings. The summed E-state index contributed by atoms with van der Waals surface area (Å²) in [5.74, 6) is 0.207. The van der Waals surface area contributed by atoms with E-state index in [0.29, 0.717) is 23.9 Å². The van der Waals surface area contributed by atoms with Gasteiger partial charge in [-0.3, -0.25) is 0 Å². The van der Waals surface area contributed by atoms with Crippen molar-refractivity contribution in [3.63, 3.8) is 0 Å². The van der Waals surface area contributed by atoms with Gasteiger partial charge in [-0.15, -0.1) is 0 Å². The summed E-state index contributed by atoms with van der Waals surface area (Å²) in [6.07, 6.45) is 1.67. The van der Waals surface area contributed by atoms with Gasteiger partial charge in [0.2, 0.25) is 5.88 Å². The van der Waals surface area contributed by atoms with Crippen LogP contribution in [0, 0.1) is 6.92 Å². The van der Waals surface area contributed by atoms with Crippen molar-refractivity contribution in [2.75, 3.05) is 12.4 Å². The number of carboxylic acids is 1. The Morgan fingerprint density at radius 2 is 2.20 bits per heavy atom. The topological polar surface area (TPSA) is 84.3 Å². The van der Waals surface area contributed by atoms with E-state index < -0.39 is 5.97 Å². The fourth-order valence-corrected chi connectivity index (χ4v) is 1.75. The van der Waals surface area contributed by atoms with Gasteiger partial charge in [0.25, 0.3) is 0 Å². The first kappa shape index (κ1) is 13.8. The number of aromatic carboxylic acids is 1. The summed E-state index contributed by atoms with van der Waals surface area (Å²) < 4.78 is 5.05. The highest BCUT2D eigenvalue weighted by molar-refractivity contribution is 5.89. The maximum absolute atomic E-state index is 10.9. The Morgan fingerprint density at radius 3 is 2.85 bits per heavy atom. The number of carbonyl (C=O) groups is 1. The van der Waals surface area contributed by atoms with E-state index in [1.165, 1.54) is 0 Å². The van der Waals surface area contributed by atoms with Crippen LogP contribution in [0.5, 0.6) is 5.88 Å². The van der Waals surface area contributed by atoms with Gasteiger partial charge in [-0.25, -0.2) is 14.8 Å². The minimum absolute atomic E-state index is 0.209. The van der Waals surface area contributed by atoms with Crippen LogP contribution in [-0.2, 0) is 6.54 Å². The fourth-order valence-electron chi connectivity index (χ4n) is 1.75. The highest BCUT2D eigenvalue weighted by Crippen LogP contribution is 2.13. The number of hydrogen-bond donors (Lipinski definition) is 2. The van der Waals surface area contributed by atoms with E-state index in [1.807, 2.05) is 12.1 Å². The third-order valence-electron chi connectivity index (χ3n) is 2.80. The molecule has 2 aromatic heterocycles. The van der Waals surface area contributed by atoms with Gasteiger partial charge >= 0.3 is 5.97 Å².